The van der Waals surface area contributed by atoms with Crippen molar-refractivity contribution < 1.29 is 9.32 Å². The minimum Gasteiger partial charge on any atom is -0.339 e. The van der Waals surface area contributed by atoms with Crippen LogP contribution in [0.2, 0.25) is 0 Å². The SMILES string of the molecule is CC(=O)C1CCCN(Cc2noc(C(C)C)n2)C1. The molecule has 1 aromatic heterocycles. The molecule has 0 aromatic carbocycles. The fourth-order valence-electron chi connectivity index (χ4n) is 2.30. The Hall–Kier alpha value is -1.23. The van der Waals surface area contributed by atoms with E-state index in [2.05, 4.69) is 15.0 Å². The zero-order valence-corrected chi connectivity index (χ0v) is 11.3. The molecule has 1 aliphatic rings. The Bertz CT molecular complexity index is 414. The van der Waals surface area contributed by atoms with Gasteiger partial charge in [0.15, 0.2) is 5.82 Å². The number of likely N-dealkylation sites (tertiary alicyclic amines) is 1. The van der Waals surface area contributed by atoms with E-state index in [1.165, 1.54) is 0 Å². The van der Waals surface area contributed by atoms with E-state index < -0.39 is 0 Å². The smallest absolute Gasteiger partial charge is 0.229 e. The van der Waals surface area contributed by atoms with E-state index in [4.69, 9.17) is 4.52 Å². The molecule has 5 heteroatoms. The van der Waals surface area contributed by atoms with Crippen LogP contribution in [0.1, 0.15) is 51.2 Å². The Kier molecular flexibility index (Phi) is 4.11. The summed E-state index contributed by atoms with van der Waals surface area (Å²) in [7, 11) is 0. The van der Waals surface area contributed by atoms with Crippen molar-refractivity contribution in [2.45, 2.75) is 46.1 Å². The van der Waals surface area contributed by atoms with Gasteiger partial charge in [-0.15, -0.1) is 0 Å². The van der Waals surface area contributed by atoms with Gasteiger partial charge in [-0.2, -0.15) is 4.98 Å². The Labute approximate surface area is 108 Å². The van der Waals surface area contributed by atoms with E-state index in [0.29, 0.717) is 12.4 Å². The Balaban J connectivity index is 1.94. The number of aromatic nitrogens is 2. The van der Waals surface area contributed by atoms with Crippen molar-refractivity contribution in [1.82, 2.24) is 15.0 Å². The van der Waals surface area contributed by atoms with E-state index >= 15 is 0 Å². The standard InChI is InChI=1S/C13H21N3O2/c1-9(2)13-14-12(15-18-13)8-16-6-4-5-11(7-16)10(3)17/h9,11H,4-8H2,1-3H3. The molecule has 1 saturated heterocycles. The lowest BCUT2D eigenvalue weighted by Gasteiger charge is -2.30. The number of rotatable bonds is 4. The molecule has 2 heterocycles. The summed E-state index contributed by atoms with van der Waals surface area (Å²) in [6.07, 6.45) is 2.08. The second-order valence-corrected chi connectivity index (χ2v) is 5.39. The Morgan fingerprint density at radius 2 is 2.33 bits per heavy atom. The number of hydrogen-bond donors (Lipinski definition) is 0. The number of nitrogens with zero attached hydrogens (tertiary/aromatic N) is 3. The van der Waals surface area contributed by atoms with Crippen LogP contribution in [-0.4, -0.2) is 33.9 Å². The van der Waals surface area contributed by atoms with E-state index in [1.807, 2.05) is 13.8 Å². The molecule has 0 saturated carbocycles. The number of Topliss-reactive ketones (excluding diaryl/α,β-unsaturated/α-hetero) is 1. The molecule has 1 unspecified atom stereocenters. The Morgan fingerprint density at radius 3 is 2.94 bits per heavy atom. The van der Waals surface area contributed by atoms with Crippen molar-refractivity contribution in [3.63, 3.8) is 0 Å². The van der Waals surface area contributed by atoms with Crippen LogP contribution in [0.15, 0.2) is 4.52 Å². The second kappa shape index (κ2) is 5.61. The van der Waals surface area contributed by atoms with Gasteiger partial charge >= 0.3 is 0 Å². The molecule has 2 rings (SSSR count). The third kappa shape index (κ3) is 3.16. The molecule has 0 bridgehead atoms. The van der Waals surface area contributed by atoms with Crippen LogP contribution in [0.4, 0.5) is 0 Å². The zero-order valence-electron chi connectivity index (χ0n) is 11.3. The van der Waals surface area contributed by atoms with Crippen molar-refractivity contribution >= 4 is 5.78 Å². The van der Waals surface area contributed by atoms with Crippen LogP contribution >= 0.6 is 0 Å². The molecule has 0 N–H and O–H groups in total. The lowest BCUT2D eigenvalue weighted by atomic mass is 9.95. The molecule has 1 fully saturated rings. The molecule has 100 valence electrons. The zero-order chi connectivity index (χ0) is 13.1. The van der Waals surface area contributed by atoms with Gasteiger partial charge in [0.2, 0.25) is 5.89 Å². The highest BCUT2D eigenvalue weighted by Crippen LogP contribution is 2.19. The summed E-state index contributed by atoms with van der Waals surface area (Å²) in [5, 5.41) is 3.99. The van der Waals surface area contributed by atoms with Crippen molar-refractivity contribution in [3.8, 4) is 0 Å². The largest absolute Gasteiger partial charge is 0.339 e. The number of piperidine rings is 1. The van der Waals surface area contributed by atoms with E-state index in [9.17, 15) is 4.79 Å². The summed E-state index contributed by atoms with van der Waals surface area (Å²) in [6, 6.07) is 0. The summed E-state index contributed by atoms with van der Waals surface area (Å²) >= 11 is 0. The average molecular weight is 251 g/mol. The maximum Gasteiger partial charge on any atom is 0.229 e. The van der Waals surface area contributed by atoms with E-state index in [1.54, 1.807) is 6.92 Å². The molecule has 1 atom stereocenters. The van der Waals surface area contributed by atoms with Crippen LogP contribution < -0.4 is 0 Å². The second-order valence-electron chi connectivity index (χ2n) is 5.39. The summed E-state index contributed by atoms with van der Waals surface area (Å²) in [6.45, 7) is 8.25. The third-order valence-corrected chi connectivity index (χ3v) is 3.42. The molecule has 0 radical (unpaired) electrons. The summed E-state index contributed by atoms with van der Waals surface area (Å²) in [5.41, 5.74) is 0. The Morgan fingerprint density at radius 1 is 1.56 bits per heavy atom. The normalized spacial score (nSPS) is 21.4. The molecule has 1 aromatic rings. The van der Waals surface area contributed by atoms with Crippen molar-refractivity contribution in [3.05, 3.63) is 11.7 Å². The molecular formula is C13H21N3O2. The maximum absolute atomic E-state index is 11.4. The van der Waals surface area contributed by atoms with Gasteiger partial charge < -0.3 is 4.52 Å². The highest BCUT2D eigenvalue weighted by atomic mass is 16.5. The van der Waals surface area contributed by atoms with Crippen LogP contribution in [-0.2, 0) is 11.3 Å². The first-order chi connectivity index (χ1) is 8.56. The van der Waals surface area contributed by atoms with Gasteiger partial charge in [0.1, 0.15) is 5.78 Å². The molecule has 0 amide bonds. The number of carbonyl (C=O) groups excluding carboxylic acids is 1. The van der Waals surface area contributed by atoms with Crippen molar-refractivity contribution in [2.24, 2.45) is 5.92 Å². The van der Waals surface area contributed by atoms with Gasteiger partial charge in [-0.05, 0) is 26.3 Å². The van der Waals surface area contributed by atoms with Gasteiger partial charge in [0.05, 0.1) is 6.54 Å². The van der Waals surface area contributed by atoms with Gasteiger partial charge in [-0.25, -0.2) is 0 Å². The lowest BCUT2D eigenvalue weighted by molar-refractivity contribution is -0.122. The molecule has 1 aliphatic heterocycles. The van der Waals surface area contributed by atoms with Crippen molar-refractivity contribution in [2.75, 3.05) is 13.1 Å². The van der Waals surface area contributed by atoms with Gasteiger partial charge in [0.25, 0.3) is 0 Å². The summed E-state index contributed by atoms with van der Waals surface area (Å²) in [4.78, 5) is 18.0. The molecule has 18 heavy (non-hydrogen) atoms. The fraction of sp³-hybridized carbons (Fsp3) is 0.769. The first-order valence-electron chi connectivity index (χ1n) is 6.61. The van der Waals surface area contributed by atoms with E-state index in [-0.39, 0.29) is 17.6 Å². The van der Waals surface area contributed by atoms with Crippen LogP contribution in [0.25, 0.3) is 0 Å². The molecule has 0 spiro atoms. The number of ketones is 1. The van der Waals surface area contributed by atoms with Gasteiger partial charge in [-0.1, -0.05) is 19.0 Å². The van der Waals surface area contributed by atoms with Gasteiger partial charge in [0, 0.05) is 18.4 Å². The molecule has 5 nitrogen and oxygen atoms in total. The third-order valence-electron chi connectivity index (χ3n) is 3.42. The predicted molar refractivity (Wildman–Crippen MR) is 67.1 cm³/mol. The van der Waals surface area contributed by atoms with Gasteiger partial charge in [-0.3, -0.25) is 9.69 Å². The fourth-order valence-corrected chi connectivity index (χ4v) is 2.30. The van der Waals surface area contributed by atoms with Crippen LogP contribution in [0.5, 0.6) is 0 Å². The number of hydrogen-bond acceptors (Lipinski definition) is 5. The minimum atomic E-state index is 0.176. The molecular weight excluding hydrogens is 230 g/mol. The summed E-state index contributed by atoms with van der Waals surface area (Å²) in [5.74, 6) is 2.14. The van der Waals surface area contributed by atoms with Crippen LogP contribution in [0, 0.1) is 5.92 Å². The van der Waals surface area contributed by atoms with Crippen molar-refractivity contribution in [1.29, 1.82) is 0 Å². The predicted octanol–water partition coefficient (Wildman–Crippen LogP) is 1.99. The highest BCUT2D eigenvalue weighted by molar-refractivity contribution is 5.78. The lowest BCUT2D eigenvalue weighted by Crippen LogP contribution is -2.37. The first kappa shape index (κ1) is 13.2. The summed E-state index contributed by atoms with van der Waals surface area (Å²) < 4.78 is 5.19. The van der Waals surface area contributed by atoms with Crippen LogP contribution in [0.3, 0.4) is 0 Å². The average Bonchev–Trinajstić information content (AvgIpc) is 2.78. The quantitative estimate of drug-likeness (QED) is 0.819. The topological polar surface area (TPSA) is 59.2 Å². The minimum absolute atomic E-state index is 0.176. The monoisotopic (exact) mass is 251 g/mol. The maximum atomic E-state index is 11.4. The van der Waals surface area contributed by atoms with E-state index in [0.717, 1.165) is 31.8 Å². The first-order valence-corrected chi connectivity index (χ1v) is 6.61. The molecule has 0 aliphatic carbocycles. The highest BCUT2D eigenvalue weighted by Gasteiger charge is 2.24. The number of carbonyl (C=O) groups is 1.